The van der Waals surface area contributed by atoms with Gasteiger partial charge in [0.2, 0.25) is 11.8 Å². The molecule has 0 aliphatic rings. The number of pyridine rings is 2. The fourth-order valence-corrected chi connectivity index (χ4v) is 4.31. The van der Waals surface area contributed by atoms with Gasteiger partial charge in [0, 0.05) is 16.5 Å². The van der Waals surface area contributed by atoms with Crippen molar-refractivity contribution < 1.29 is 9.47 Å². The Balaban J connectivity index is 1.55. The van der Waals surface area contributed by atoms with Gasteiger partial charge in [-0.05, 0) is 61.4 Å². The average Bonchev–Trinajstić information content (AvgIpc) is 2.95. The second kappa shape index (κ2) is 10.2. The van der Waals surface area contributed by atoms with Crippen molar-refractivity contribution in [2.45, 2.75) is 13.8 Å². The quantitative estimate of drug-likeness (QED) is 0.231. The predicted molar refractivity (Wildman–Crippen MR) is 153 cm³/mol. The van der Waals surface area contributed by atoms with Gasteiger partial charge in [-0.25, -0.2) is 0 Å². The molecule has 0 saturated carbocycles. The van der Waals surface area contributed by atoms with Crippen molar-refractivity contribution in [3.05, 3.63) is 132 Å². The maximum Gasteiger partial charge on any atom is 0.229 e. The first-order valence-electron chi connectivity index (χ1n) is 12.6. The number of fused-ring (bicyclic) bond motifs is 1. The maximum absolute atomic E-state index is 6.30. The first-order valence-corrected chi connectivity index (χ1v) is 12.6. The van der Waals surface area contributed by atoms with Gasteiger partial charge in [0.05, 0.1) is 0 Å². The van der Waals surface area contributed by atoms with Gasteiger partial charge in [0.25, 0.3) is 0 Å². The van der Waals surface area contributed by atoms with Gasteiger partial charge < -0.3 is 9.47 Å². The van der Waals surface area contributed by atoms with Crippen LogP contribution in [-0.4, -0.2) is 9.97 Å². The van der Waals surface area contributed by atoms with Crippen LogP contribution in [0.15, 0.2) is 121 Å². The highest BCUT2D eigenvalue weighted by molar-refractivity contribution is 5.89. The van der Waals surface area contributed by atoms with Crippen molar-refractivity contribution >= 4 is 11.0 Å². The number of benzene rings is 4. The summed E-state index contributed by atoms with van der Waals surface area (Å²) in [6.07, 6.45) is 0. The fraction of sp³-hybridized carbons (Fsp3) is 0.0588. The molecule has 6 rings (SSSR count). The lowest BCUT2D eigenvalue weighted by Gasteiger charge is -2.15. The maximum atomic E-state index is 6.30. The summed E-state index contributed by atoms with van der Waals surface area (Å²) in [5.41, 5.74) is 6.78. The lowest BCUT2D eigenvalue weighted by molar-refractivity contribution is 0.461. The Bertz CT molecular complexity index is 1570. The second-order valence-electron chi connectivity index (χ2n) is 9.29. The Morgan fingerprint density at radius 1 is 0.474 bits per heavy atom. The minimum Gasteiger partial charge on any atom is -0.438 e. The second-order valence-corrected chi connectivity index (χ2v) is 9.29. The summed E-state index contributed by atoms with van der Waals surface area (Å²) in [5, 5.41) is 0.900. The Hall–Kier alpha value is -4.96. The van der Waals surface area contributed by atoms with E-state index < -0.39 is 0 Å². The summed E-state index contributed by atoms with van der Waals surface area (Å²) in [6.45, 7) is 4.16. The molecular formula is C34H26N2O2. The third kappa shape index (κ3) is 4.97. The summed E-state index contributed by atoms with van der Waals surface area (Å²) in [5.74, 6) is 2.41. The van der Waals surface area contributed by atoms with Crippen molar-refractivity contribution in [3.8, 4) is 45.5 Å². The highest BCUT2D eigenvalue weighted by Crippen LogP contribution is 2.39. The van der Waals surface area contributed by atoms with Gasteiger partial charge >= 0.3 is 0 Å². The molecule has 184 valence electrons. The van der Waals surface area contributed by atoms with E-state index in [1.54, 1.807) is 0 Å². The molecule has 4 aromatic carbocycles. The molecule has 0 spiro atoms. The standard InChI is InChI=1S/C34H26N2O2/c1-23-13-17-25(18-14-23)30-21-27-22-31(26-19-15-24(2)16-20-26)34(38-29-11-7-4-8-12-29)36-32(27)35-33(30)37-28-9-5-3-6-10-28/h3-22H,1-2H3. The van der Waals surface area contributed by atoms with Crippen LogP contribution in [-0.2, 0) is 0 Å². The number of ether oxygens (including phenoxy) is 2. The van der Waals surface area contributed by atoms with Crippen LogP contribution in [0.3, 0.4) is 0 Å². The zero-order valence-corrected chi connectivity index (χ0v) is 21.3. The molecule has 0 bridgehead atoms. The zero-order valence-electron chi connectivity index (χ0n) is 21.3. The van der Waals surface area contributed by atoms with Crippen LogP contribution >= 0.6 is 0 Å². The predicted octanol–water partition coefficient (Wildman–Crippen LogP) is 9.17. The van der Waals surface area contributed by atoms with Crippen molar-refractivity contribution in [1.29, 1.82) is 0 Å². The van der Waals surface area contributed by atoms with Crippen molar-refractivity contribution in [2.75, 3.05) is 0 Å². The van der Waals surface area contributed by atoms with Gasteiger partial charge in [-0.3, -0.25) is 0 Å². The molecule has 38 heavy (non-hydrogen) atoms. The largest absolute Gasteiger partial charge is 0.438 e. The number of para-hydroxylation sites is 2. The molecule has 0 aliphatic heterocycles. The Kier molecular flexibility index (Phi) is 6.29. The van der Waals surface area contributed by atoms with Crippen LogP contribution in [0.2, 0.25) is 0 Å². The van der Waals surface area contributed by atoms with Gasteiger partial charge in [0.1, 0.15) is 11.5 Å². The molecule has 2 heterocycles. The number of aromatic nitrogens is 2. The minimum atomic E-state index is 0.494. The summed E-state index contributed by atoms with van der Waals surface area (Å²) < 4.78 is 12.6. The molecule has 4 heteroatoms. The van der Waals surface area contributed by atoms with E-state index in [0.29, 0.717) is 28.9 Å². The van der Waals surface area contributed by atoms with Crippen LogP contribution in [0.1, 0.15) is 11.1 Å². The van der Waals surface area contributed by atoms with Crippen molar-refractivity contribution in [2.24, 2.45) is 0 Å². The number of hydrogen-bond donors (Lipinski definition) is 0. The van der Waals surface area contributed by atoms with Crippen LogP contribution in [0.4, 0.5) is 0 Å². The molecule has 4 nitrogen and oxygen atoms in total. The molecule has 0 radical (unpaired) electrons. The first-order chi connectivity index (χ1) is 18.6. The third-order valence-electron chi connectivity index (χ3n) is 6.37. The fourth-order valence-electron chi connectivity index (χ4n) is 4.31. The number of aryl methyl sites for hydroxylation is 2. The normalized spacial score (nSPS) is 10.9. The molecule has 0 amide bonds. The van der Waals surface area contributed by atoms with E-state index in [4.69, 9.17) is 19.4 Å². The molecule has 2 aromatic heterocycles. The highest BCUT2D eigenvalue weighted by Gasteiger charge is 2.17. The van der Waals surface area contributed by atoms with Gasteiger partial charge in [0.15, 0.2) is 5.65 Å². The Labute approximate surface area is 222 Å². The van der Waals surface area contributed by atoms with Crippen LogP contribution in [0, 0.1) is 13.8 Å². The summed E-state index contributed by atoms with van der Waals surface area (Å²) in [6, 6.07) is 40.3. The molecule has 0 saturated heterocycles. The number of rotatable bonds is 6. The van der Waals surface area contributed by atoms with Gasteiger partial charge in [-0.1, -0.05) is 96.1 Å². The van der Waals surface area contributed by atoms with E-state index in [1.165, 1.54) is 11.1 Å². The lowest BCUT2D eigenvalue weighted by atomic mass is 10.0. The van der Waals surface area contributed by atoms with Crippen LogP contribution < -0.4 is 9.47 Å². The van der Waals surface area contributed by atoms with E-state index in [1.807, 2.05) is 60.7 Å². The summed E-state index contributed by atoms with van der Waals surface area (Å²) >= 11 is 0. The molecular weight excluding hydrogens is 468 g/mol. The Morgan fingerprint density at radius 3 is 1.26 bits per heavy atom. The SMILES string of the molecule is Cc1ccc(-c2cc3cc(-c4ccc(C)cc4)c(Oc4ccccc4)nc3nc2Oc2ccccc2)cc1. The van der Waals surface area contributed by atoms with Gasteiger partial charge in [-0.2, -0.15) is 9.97 Å². The smallest absolute Gasteiger partial charge is 0.229 e. The van der Waals surface area contributed by atoms with E-state index >= 15 is 0 Å². The van der Waals surface area contributed by atoms with Crippen molar-refractivity contribution in [1.82, 2.24) is 9.97 Å². The third-order valence-corrected chi connectivity index (χ3v) is 6.37. The molecule has 0 unspecified atom stereocenters. The van der Waals surface area contributed by atoms with Gasteiger partial charge in [-0.15, -0.1) is 0 Å². The van der Waals surface area contributed by atoms with Crippen LogP contribution in [0.5, 0.6) is 23.3 Å². The lowest BCUT2D eigenvalue weighted by Crippen LogP contribution is -1.98. The molecule has 0 aliphatic carbocycles. The van der Waals surface area contributed by atoms with E-state index in [2.05, 4.69) is 74.5 Å². The summed E-state index contributed by atoms with van der Waals surface area (Å²) in [4.78, 5) is 9.81. The van der Waals surface area contributed by atoms with E-state index in [9.17, 15) is 0 Å². The number of nitrogens with zero attached hydrogens (tertiary/aromatic N) is 2. The van der Waals surface area contributed by atoms with E-state index in [0.717, 1.165) is 27.6 Å². The minimum absolute atomic E-state index is 0.494. The Morgan fingerprint density at radius 2 is 0.868 bits per heavy atom. The molecule has 0 fully saturated rings. The molecule has 0 N–H and O–H groups in total. The average molecular weight is 495 g/mol. The monoisotopic (exact) mass is 494 g/mol. The molecule has 0 atom stereocenters. The topological polar surface area (TPSA) is 44.2 Å². The first kappa shape index (κ1) is 23.4. The highest BCUT2D eigenvalue weighted by atomic mass is 16.5. The number of hydrogen-bond acceptors (Lipinski definition) is 4. The van der Waals surface area contributed by atoms with Crippen molar-refractivity contribution in [3.63, 3.8) is 0 Å². The summed E-state index contributed by atoms with van der Waals surface area (Å²) in [7, 11) is 0. The molecule has 6 aromatic rings. The van der Waals surface area contributed by atoms with Crippen LogP contribution in [0.25, 0.3) is 33.3 Å². The zero-order chi connectivity index (χ0) is 25.9. The van der Waals surface area contributed by atoms with E-state index in [-0.39, 0.29) is 0 Å².